The molecule has 4 N–H and O–H groups in total. The molecule has 0 spiro atoms. The zero-order chi connectivity index (χ0) is 22.0. The monoisotopic (exact) mass is 398 g/mol. The molecule has 0 saturated carbocycles. The van der Waals surface area contributed by atoms with Crippen LogP contribution in [0.3, 0.4) is 0 Å². The van der Waals surface area contributed by atoms with Crippen LogP contribution >= 0.6 is 0 Å². The predicted octanol–water partition coefficient (Wildman–Crippen LogP) is 6.96. The van der Waals surface area contributed by atoms with E-state index in [9.17, 15) is 0 Å². The lowest BCUT2D eigenvalue weighted by atomic mass is 10.1. The van der Waals surface area contributed by atoms with E-state index < -0.39 is 0 Å². The molecule has 0 aliphatic rings. The number of aryl methyl sites for hydroxylation is 1. The summed E-state index contributed by atoms with van der Waals surface area (Å²) in [6.07, 6.45) is 0. The van der Waals surface area contributed by atoms with E-state index in [1.54, 1.807) is 0 Å². The minimum Gasteiger partial charge on any atom is -0.383 e. The van der Waals surface area contributed by atoms with Crippen LogP contribution in [0.25, 0.3) is 0 Å². The van der Waals surface area contributed by atoms with E-state index in [-0.39, 0.29) is 0 Å². The van der Waals surface area contributed by atoms with Crippen molar-refractivity contribution in [3.63, 3.8) is 0 Å². The van der Waals surface area contributed by atoms with Crippen LogP contribution in [0.2, 0.25) is 0 Å². The molecular weight excluding hydrogens is 356 g/mol. The van der Waals surface area contributed by atoms with Crippen molar-refractivity contribution in [3.05, 3.63) is 48.0 Å². The fourth-order valence-corrected chi connectivity index (χ4v) is 2.98. The average molecular weight is 399 g/mol. The first-order valence-electron chi connectivity index (χ1n) is 10.8. The van der Waals surface area contributed by atoms with Crippen LogP contribution in [0.1, 0.15) is 61.0 Å². The van der Waals surface area contributed by atoms with Crippen LogP contribution in [-0.2, 0) is 0 Å². The Morgan fingerprint density at radius 1 is 0.483 bits per heavy atom. The first-order chi connectivity index (χ1) is 13.5. The molecule has 4 heteroatoms. The van der Waals surface area contributed by atoms with Gasteiger partial charge in [0.1, 0.15) is 0 Å². The molecule has 4 nitrogen and oxygen atoms in total. The third-order valence-electron chi connectivity index (χ3n) is 3.76. The molecule has 2 rings (SSSR count). The van der Waals surface area contributed by atoms with Gasteiger partial charge in [-0.2, -0.15) is 0 Å². The topological polar surface area (TPSA) is 48.1 Å². The summed E-state index contributed by atoms with van der Waals surface area (Å²) in [7, 11) is 0. The van der Waals surface area contributed by atoms with Gasteiger partial charge in [0, 0.05) is 46.9 Å². The van der Waals surface area contributed by atoms with Crippen molar-refractivity contribution in [1.29, 1.82) is 0 Å². The highest BCUT2D eigenvalue weighted by Gasteiger charge is 2.01. The Morgan fingerprint density at radius 3 is 1.14 bits per heavy atom. The fraction of sp³-hybridized carbons (Fsp3) is 0.520. The van der Waals surface area contributed by atoms with E-state index in [0.29, 0.717) is 24.2 Å². The van der Waals surface area contributed by atoms with Crippen LogP contribution in [0.15, 0.2) is 42.5 Å². The Bertz CT molecular complexity index is 667. The van der Waals surface area contributed by atoms with Crippen molar-refractivity contribution in [1.82, 2.24) is 0 Å². The quantitative estimate of drug-likeness (QED) is 0.388. The first-order valence-corrected chi connectivity index (χ1v) is 10.8. The second kappa shape index (κ2) is 12.3. The number of rotatable bonds is 8. The van der Waals surface area contributed by atoms with E-state index in [1.807, 2.05) is 0 Å². The van der Waals surface area contributed by atoms with Gasteiger partial charge in [0.05, 0.1) is 0 Å². The third kappa shape index (κ3) is 11.3. The van der Waals surface area contributed by atoms with Crippen LogP contribution in [0.5, 0.6) is 0 Å². The predicted molar refractivity (Wildman–Crippen MR) is 133 cm³/mol. The van der Waals surface area contributed by atoms with Gasteiger partial charge in [-0.15, -0.1) is 0 Å². The second-order valence-corrected chi connectivity index (χ2v) is 8.86. The van der Waals surface area contributed by atoms with Gasteiger partial charge in [0.2, 0.25) is 0 Å². The first kappa shape index (κ1) is 24.7. The molecule has 2 aromatic rings. The Kier molecular flexibility index (Phi) is 10.4. The van der Waals surface area contributed by atoms with E-state index in [2.05, 4.69) is 126 Å². The van der Waals surface area contributed by atoms with Gasteiger partial charge in [0.25, 0.3) is 0 Å². The van der Waals surface area contributed by atoms with Gasteiger partial charge >= 0.3 is 0 Å². The van der Waals surface area contributed by atoms with Gasteiger partial charge in [-0.25, -0.2) is 0 Å². The lowest BCUT2D eigenvalue weighted by Crippen LogP contribution is -2.12. The molecule has 0 aliphatic carbocycles. The van der Waals surface area contributed by atoms with Crippen LogP contribution in [-0.4, -0.2) is 24.2 Å². The number of anilines is 4. The maximum atomic E-state index is 3.42. The minimum absolute atomic E-state index is 0.471. The van der Waals surface area contributed by atoms with E-state index >= 15 is 0 Å². The average Bonchev–Trinajstić information content (AvgIpc) is 2.52. The largest absolute Gasteiger partial charge is 0.383 e. The van der Waals surface area contributed by atoms with Crippen LogP contribution in [0, 0.1) is 6.92 Å². The SMILES string of the molecule is CC(C)Nc1cccc(NC(C)C)c1.Cc1cc(NC(C)C)cc(NC(C)C)c1. The lowest BCUT2D eigenvalue weighted by molar-refractivity contribution is 0.892. The summed E-state index contributed by atoms with van der Waals surface area (Å²) in [5, 5.41) is 13.6. The van der Waals surface area contributed by atoms with Crippen molar-refractivity contribution in [3.8, 4) is 0 Å². The molecule has 0 heterocycles. The molecular formula is C25H42N4. The number of hydrogen-bond acceptors (Lipinski definition) is 4. The lowest BCUT2D eigenvalue weighted by Gasteiger charge is -2.15. The van der Waals surface area contributed by atoms with E-state index in [4.69, 9.17) is 0 Å². The third-order valence-corrected chi connectivity index (χ3v) is 3.76. The van der Waals surface area contributed by atoms with Crippen molar-refractivity contribution in [2.45, 2.75) is 86.5 Å². The van der Waals surface area contributed by atoms with Crippen molar-refractivity contribution in [2.24, 2.45) is 0 Å². The molecule has 0 amide bonds. The van der Waals surface area contributed by atoms with Gasteiger partial charge in [-0.05, 0) is 104 Å². The van der Waals surface area contributed by atoms with Crippen molar-refractivity contribution in [2.75, 3.05) is 21.3 Å². The summed E-state index contributed by atoms with van der Waals surface area (Å²) in [5.74, 6) is 0. The maximum absolute atomic E-state index is 3.42. The Morgan fingerprint density at radius 2 is 0.793 bits per heavy atom. The van der Waals surface area contributed by atoms with Crippen molar-refractivity contribution < 1.29 is 0 Å². The Labute approximate surface area is 178 Å². The van der Waals surface area contributed by atoms with Gasteiger partial charge < -0.3 is 21.3 Å². The number of benzene rings is 2. The van der Waals surface area contributed by atoms with Gasteiger partial charge in [-0.3, -0.25) is 0 Å². The molecule has 29 heavy (non-hydrogen) atoms. The Balaban J connectivity index is 0.000000291. The molecule has 0 aromatic heterocycles. The molecule has 0 saturated heterocycles. The molecule has 2 aromatic carbocycles. The molecule has 162 valence electrons. The smallest absolute Gasteiger partial charge is 0.0365 e. The summed E-state index contributed by atoms with van der Waals surface area (Å²) in [6, 6.07) is 16.8. The highest BCUT2D eigenvalue weighted by atomic mass is 14.9. The highest BCUT2D eigenvalue weighted by molar-refractivity contribution is 5.59. The molecule has 0 atom stereocenters. The summed E-state index contributed by atoms with van der Waals surface area (Å²) in [6.45, 7) is 19.3. The minimum atomic E-state index is 0.471. The van der Waals surface area contributed by atoms with Gasteiger partial charge in [-0.1, -0.05) is 6.07 Å². The zero-order valence-corrected chi connectivity index (χ0v) is 19.9. The summed E-state index contributed by atoms with van der Waals surface area (Å²) in [5.41, 5.74) is 6.00. The molecule has 0 bridgehead atoms. The highest BCUT2D eigenvalue weighted by Crippen LogP contribution is 2.20. The zero-order valence-electron chi connectivity index (χ0n) is 19.9. The molecule has 0 radical (unpaired) electrons. The molecule has 0 fully saturated rings. The maximum Gasteiger partial charge on any atom is 0.0365 e. The van der Waals surface area contributed by atoms with Crippen LogP contribution in [0.4, 0.5) is 22.7 Å². The standard InChI is InChI=1S/C13H22N2.C12H20N2/c1-9(2)14-12-6-11(5)7-13(8-12)15-10(3)4;1-9(2)13-11-6-5-7-12(8-11)14-10(3)4/h6-10,14-15H,1-5H3;5-10,13-14H,1-4H3. The molecule has 0 aliphatic heterocycles. The normalized spacial score (nSPS) is 10.8. The van der Waals surface area contributed by atoms with Crippen LogP contribution < -0.4 is 21.3 Å². The number of hydrogen-bond donors (Lipinski definition) is 4. The second-order valence-electron chi connectivity index (χ2n) is 8.86. The van der Waals surface area contributed by atoms with E-state index in [1.165, 1.54) is 28.3 Å². The Hall–Kier alpha value is -2.36. The number of nitrogens with one attached hydrogen (secondary N) is 4. The van der Waals surface area contributed by atoms with E-state index in [0.717, 1.165) is 0 Å². The summed E-state index contributed by atoms with van der Waals surface area (Å²) in [4.78, 5) is 0. The molecule has 0 unspecified atom stereocenters. The fourth-order valence-electron chi connectivity index (χ4n) is 2.98. The van der Waals surface area contributed by atoms with Gasteiger partial charge in [0.15, 0.2) is 0 Å². The van der Waals surface area contributed by atoms with Crippen molar-refractivity contribution >= 4 is 22.7 Å². The summed E-state index contributed by atoms with van der Waals surface area (Å²) >= 11 is 0. The summed E-state index contributed by atoms with van der Waals surface area (Å²) < 4.78 is 0.